The molecule has 0 fully saturated rings. The van der Waals surface area contributed by atoms with Crippen molar-refractivity contribution in [3.8, 4) is 0 Å². The summed E-state index contributed by atoms with van der Waals surface area (Å²) in [6.07, 6.45) is 1.67. The largest absolute Gasteiger partial charge is 0.469 e. The maximum absolute atomic E-state index is 11.3. The van der Waals surface area contributed by atoms with Gasteiger partial charge in [-0.1, -0.05) is 6.07 Å². The standard InChI is InChI=1S/C15H15N3O4/c1-10-8-12(6-5-11(10)9-14(19)22-2)17-15-13(18(20)21)4-3-7-16-15/h3-8H,9H2,1-2H3,(H,16,17). The first-order valence-corrected chi connectivity index (χ1v) is 6.54. The van der Waals surface area contributed by atoms with Crippen molar-refractivity contribution in [3.63, 3.8) is 0 Å². The van der Waals surface area contributed by atoms with E-state index in [9.17, 15) is 14.9 Å². The fourth-order valence-corrected chi connectivity index (χ4v) is 1.98. The second kappa shape index (κ2) is 6.66. The van der Waals surface area contributed by atoms with E-state index in [2.05, 4.69) is 15.0 Å². The average molecular weight is 301 g/mol. The minimum Gasteiger partial charge on any atom is -0.469 e. The molecule has 0 spiro atoms. The van der Waals surface area contributed by atoms with E-state index in [1.165, 1.54) is 25.4 Å². The molecule has 1 aromatic heterocycles. The highest BCUT2D eigenvalue weighted by Crippen LogP contribution is 2.25. The number of benzene rings is 1. The molecule has 0 saturated heterocycles. The van der Waals surface area contributed by atoms with E-state index in [4.69, 9.17) is 0 Å². The van der Waals surface area contributed by atoms with Crippen molar-refractivity contribution < 1.29 is 14.5 Å². The van der Waals surface area contributed by atoms with E-state index in [1.54, 1.807) is 18.2 Å². The third-order valence-corrected chi connectivity index (χ3v) is 3.15. The van der Waals surface area contributed by atoms with Crippen LogP contribution in [-0.2, 0) is 16.0 Å². The number of methoxy groups -OCH3 is 1. The minimum absolute atomic E-state index is 0.0983. The van der Waals surface area contributed by atoms with Crippen LogP contribution in [0.2, 0.25) is 0 Å². The minimum atomic E-state index is -0.492. The summed E-state index contributed by atoms with van der Waals surface area (Å²) in [5.41, 5.74) is 2.29. The molecule has 1 heterocycles. The number of esters is 1. The van der Waals surface area contributed by atoms with E-state index in [1.807, 2.05) is 6.92 Å². The van der Waals surface area contributed by atoms with Crippen molar-refractivity contribution in [1.29, 1.82) is 0 Å². The van der Waals surface area contributed by atoms with Crippen LogP contribution in [0.25, 0.3) is 0 Å². The number of hydrogen-bond donors (Lipinski definition) is 1. The van der Waals surface area contributed by atoms with Crippen molar-refractivity contribution in [2.24, 2.45) is 0 Å². The number of anilines is 2. The van der Waals surface area contributed by atoms with Gasteiger partial charge in [-0.05, 0) is 36.2 Å². The summed E-state index contributed by atoms with van der Waals surface area (Å²) in [5.74, 6) is -0.142. The predicted molar refractivity (Wildman–Crippen MR) is 81.1 cm³/mol. The molecular formula is C15H15N3O4. The smallest absolute Gasteiger partial charge is 0.311 e. The third kappa shape index (κ3) is 3.57. The molecule has 0 saturated carbocycles. The predicted octanol–water partition coefficient (Wildman–Crippen LogP) is 2.76. The van der Waals surface area contributed by atoms with Gasteiger partial charge < -0.3 is 10.1 Å². The molecule has 114 valence electrons. The lowest BCUT2D eigenvalue weighted by Crippen LogP contribution is -2.06. The lowest BCUT2D eigenvalue weighted by molar-refractivity contribution is -0.384. The second-order valence-corrected chi connectivity index (χ2v) is 4.65. The Morgan fingerprint density at radius 2 is 2.18 bits per heavy atom. The summed E-state index contributed by atoms with van der Waals surface area (Å²) in [6, 6.07) is 8.21. The lowest BCUT2D eigenvalue weighted by atomic mass is 10.0. The van der Waals surface area contributed by atoms with Gasteiger partial charge in [-0.15, -0.1) is 0 Å². The van der Waals surface area contributed by atoms with Crippen LogP contribution in [0.3, 0.4) is 0 Å². The Morgan fingerprint density at radius 1 is 1.41 bits per heavy atom. The molecule has 22 heavy (non-hydrogen) atoms. The zero-order chi connectivity index (χ0) is 16.1. The van der Waals surface area contributed by atoms with Crippen molar-refractivity contribution >= 4 is 23.2 Å². The van der Waals surface area contributed by atoms with Crippen LogP contribution in [0.4, 0.5) is 17.2 Å². The Labute approximate surface area is 127 Å². The quantitative estimate of drug-likeness (QED) is 0.518. The van der Waals surface area contributed by atoms with Crippen molar-refractivity contribution in [1.82, 2.24) is 4.98 Å². The summed E-state index contributed by atoms with van der Waals surface area (Å²) < 4.78 is 4.64. The molecule has 1 N–H and O–H groups in total. The molecule has 0 atom stereocenters. The van der Waals surface area contributed by atoms with Gasteiger partial charge in [0.15, 0.2) is 0 Å². The number of hydrogen-bond acceptors (Lipinski definition) is 6. The molecule has 1 aromatic carbocycles. The number of rotatable bonds is 5. The van der Waals surface area contributed by atoms with E-state index in [-0.39, 0.29) is 23.9 Å². The summed E-state index contributed by atoms with van der Waals surface area (Å²) >= 11 is 0. The highest BCUT2D eigenvalue weighted by atomic mass is 16.6. The monoisotopic (exact) mass is 301 g/mol. The topological polar surface area (TPSA) is 94.4 Å². The Kier molecular flexibility index (Phi) is 4.67. The number of ether oxygens (including phenoxy) is 1. The van der Waals surface area contributed by atoms with Gasteiger partial charge in [0.05, 0.1) is 18.5 Å². The van der Waals surface area contributed by atoms with E-state index in [0.29, 0.717) is 5.69 Å². The van der Waals surface area contributed by atoms with Gasteiger partial charge in [-0.3, -0.25) is 14.9 Å². The maximum atomic E-state index is 11.3. The summed E-state index contributed by atoms with van der Waals surface area (Å²) in [4.78, 5) is 25.8. The lowest BCUT2D eigenvalue weighted by Gasteiger charge is -2.09. The van der Waals surface area contributed by atoms with Crippen LogP contribution in [0.1, 0.15) is 11.1 Å². The number of pyridine rings is 1. The zero-order valence-electron chi connectivity index (χ0n) is 12.2. The Hall–Kier alpha value is -2.96. The van der Waals surface area contributed by atoms with Gasteiger partial charge in [0.1, 0.15) is 0 Å². The molecule has 7 heteroatoms. The van der Waals surface area contributed by atoms with Crippen molar-refractivity contribution in [2.45, 2.75) is 13.3 Å². The number of aryl methyl sites for hydroxylation is 1. The molecule has 0 aliphatic rings. The van der Waals surface area contributed by atoms with Gasteiger partial charge in [0.25, 0.3) is 0 Å². The van der Waals surface area contributed by atoms with Crippen molar-refractivity contribution in [2.75, 3.05) is 12.4 Å². The van der Waals surface area contributed by atoms with Gasteiger partial charge in [0.2, 0.25) is 5.82 Å². The molecule has 0 unspecified atom stereocenters. The van der Waals surface area contributed by atoms with E-state index in [0.717, 1.165) is 11.1 Å². The zero-order valence-corrected chi connectivity index (χ0v) is 12.2. The van der Waals surface area contributed by atoms with Gasteiger partial charge in [-0.2, -0.15) is 0 Å². The molecule has 2 aromatic rings. The van der Waals surface area contributed by atoms with Crippen LogP contribution in [0.5, 0.6) is 0 Å². The number of carbonyl (C=O) groups is 1. The molecule has 0 radical (unpaired) electrons. The number of nitrogens with one attached hydrogen (secondary N) is 1. The highest BCUT2D eigenvalue weighted by molar-refractivity contribution is 5.73. The third-order valence-electron chi connectivity index (χ3n) is 3.15. The van der Waals surface area contributed by atoms with E-state index < -0.39 is 4.92 Å². The molecule has 0 amide bonds. The van der Waals surface area contributed by atoms with Crippen LogP contribution >= 0.6 is 0 Å². The molecule has 7 nitrogen and oxygen atoms in total. The molecular weight excluding hydrogens is 286 g/mol. The first kappa shape index (κ1) is 15.4. The number of carbonyl (C=O) groups excluding carboxylic acids is 1. The fraction of sp³-hybridized carbons (Fsp3) is 0.200. The fourth-order valence-electron chi connectivity index (χ4n) is 1.98. The Morgan fingerprint density at radius 3 is 2.82 bits per heavy atom. The maximum Gasteiger partial charge on any atom is 0.311 e. The first-order valence-electron chi connectivity index (χ1n) is 6.54. The van der Waals surface area contributed by atoms with Crippen LogP contribution in [0.15, 0.2) is 36.5 Å². The molecule has 0 aliphatic heterocycles. The Bertz CT molecular complexity index is 716. The normalized spacial score (nSPS) is 10.1. The Balaban J connectivity index is 2.23. The van der Waals surface area contributed by atoms with Gasteiger partial charge in [-0.25, -0.2) is 4.98 Å². The number of nitrogens with zero attached hydrogens (tertiary/aromatic N) is 2. The van der Waals surface area contributed by atoms with Gasteiger partial charge in [0, 0.05) is 18.0 Å². The van der Waals surface area contributed by atoms with Crippen molar-refractivity contribution in [3.05, 3.63) is 57.8 Å². The van der Waals surface area contributed by atoms with Crippen LogP contribution in [-0.4, -0.2) is 23.0 Å². The SMILES string of the molecule is COC(=O)Cc1ccc(Nc2ncccc2[N+](=O)[O-])cc1C. The van der Waals surface area contributed by atoms with E-state index >= 15 is 0 Å². The summed E-state index contributed by atoms with van der Waals surface area (Å²) in [5, 5.41) is 13.9. The molecule has 0 aliphatic carbocycles. The summed E-state index contributed by atoms with van der Waals surface area (Å²) in [7, 11) is 1.34. The van der Waals surface area contributed by atoms with Crippen LogP contribution < -0.4 is 5.32 Å². The average Bonchev–Trinajstić information content (AvgIpc) is 2.50. The van der Waals surface area contributed by atoms with Crippen LogP contribution in [0, 0.1) is 17.0 Å². The van der Waals surface area contributed by atoms with Gasteiger partial charge >= 0.3 is 11.7 Å². The number of nitro groups is 1. The molecule has 0 bridgehead atoms. The first-order chi connectivity index (χ1) is 10.5. The molecule has 2 rings (SSSR count). The number of aromatic nitrogens is 1. The second-order valence-electron chi connectivity index (χ2n) is 4.65. The summed E-state index contributed by atoms with van der Waals surface area (Å²) in [6.45, 7) is 1.86. The highest BCUT2D eigenvalue weighted by Gasteiger charge is 2.14.